The average Bonchev–Trinajstić information content (AvgIpc) is 2.73. The van der Waals surface area contributed by atoms with Gasteiger partial charge < -0.3 is 0 Å². The molecule has 2 aromatic carbocycles. The van der Waals surface area contributed by atoms with Gasteiger partial charge in [0.2, 0.25) is 0 Å². The molecule has 0 unspecified atom stereocenters. The van der Waals surface area contributed by atoms with Crippen molar-refractivity contribution in [2.75, 3.05) is 0 Å². The summed E-state index contributed by atoms with van der Waals surface area (Å²) in [7, 11) is 0. The van der Waals surface area contributed by atoms with Gasteiger partial charge in [0.1, 0.15) is 0 Å². The van der Waals surface area contributed by atoms with Crippen molar-refractivity contribution in [3.63, 3.8) is 0 Å². The van der Waals surface area contributed by atoms with Gasteiger partial charge in [0.15, 0.2) is 0 Å². The molecule has 0 saturated heterocycles. The van der Waals surface area contributed by atoms with Crippen LogP contribution in [0.3, 0.4) is 0 Å². The normalized spacial score (nSPS) is 11.0. The van der Waals surface area contributed by atoms with Crippen molar-refractivity contribution in [3.8, 4) is 0 Å². The molecule has 0 N–H and O–H groups in total. The fourth-order valence-corrected chi connectivity index (χ4v) is 4.44. The topological polar surface area (TPSA) is 0 Å². The Morgan fingerprint density at radius 1 is 0.517 bits per heavy atom. The number of fused-ring (bicyclic) bond motifs is 1. The van der Waals surface area contributed by atoms with Gasteiger partial charge in [-0.1, -0.05) is 127 Å². The van der Waals surface area contributed by atoms with E-state index in [2.05, 4.69) is 50.2 Å². The van der Waals surface area contributed by atoms with E-state index in [1.54, 1.807) is 11.1 Å². The van der Waals surface area contributed by atoms with Crippen LogP contribution in [0.2, 0.25) is 0 Å². The standard InChI is InChI=1S/C28H44.Zn/c1-3-5-7-9-11-13-15-19-25-23-24-26-20-17-18-22-28(26)27(25)21-16-14-12-10-8-6-4-2;/h17-18,20,22-24H,3-16,19,21H2,1-2H3;. The predicted molar refractivity (Wildman–Crippen MR) is 127 cm³/mol. The molecule has 2 rings (SSSR count). The van der Waals surface area contributed by atoms with Crippen LogP contribution in [0.25, 0.3) is 10.8 Å². The van der Waals surface area contributed by atoms with Crippen molar-refractivity contribution in [2.45, 2.75) is 117 Å². The predicted octanol–water partition coefficient (Wildman–Crippen LogP) is 9.42. The quantitative estimate of drug-likeness (QED) is 0.178. The van der Waals surface area contributed by atoms with Gasteiger partial charge >= 0.3 is 0 Å². The van der Waals surface area contributed by atoms with Crippen LogP contribution in [-0.4, -0.2) is 0 Å². The van der Waals surface area contributed by atoms with Crippen LogP contribution < -0.4 is 0 Å². The molecular weight excluding hydrogens is 402 g/mol. The summed E-state index contributed by atoms with van der Waals surface area (Å²) in [6, 6.07) is 13.8. The molecule has 0 aliphatic carbocycles. The number of unbranched alkanes of at least 4 members (excludes halogenated alkanes) is 12. The summed E-state index contributed by atoms with van der Waals surface area (Å²) in [5.41, 5.74) is 3.27. The van der Waals surface area contributed by atoms with Gasteiger partial charge in [-0.2, -0.15) is 0 Å². The zero-order chi connectivity index (χ0) is 19.9. The second-order valence-corrected chi connectivity index (χ2v) is 8.67. The van der Waals surface area contributed by atoms with E-state index >= 15 is 0 Å². The van der Waals surface area contributed by atoms with Crippen LogP contribution in [0.15, 0.2) is 36.4 Å². The summed E-state index contributed by atoms with van der Waals surface area (Å²) < 4.78 is 0. The van der Waals surface area contributed by atoms with Crippen LogP contribution in [-0.2, 0) is 32.3 Å². The molecule has 0 spiro atoms. The number of rotatable bonds is 16. The van der Waals surface area contributed by atoms with E-state index in [0.29, 0.717) is 0 Å². The summed E-state index contributed by atoms with van der Waals surface area (Å²) in [4.78, 5) is 0. The smallest absolute Gasteiger partial charge is 0 e. The number of hydrogen-bond donors (Lipinski definition) is 0. The summed E-state index contributed by atoms with van der Waals surface area (Å²) in [5.74, 6) is 0. The maximum absolute atomic E-state index is 2.43. The molecule has 0 aliphatic rings. The van der Waals surface area contributed by atoms with Crippen molar-refractivity contribution in [2.24, 2.45) is 0 Å². The van der Waals surface area contributed by atoms with E-state index in [4.69, 9.17) is 0 Å². The Labute approximate surface area is 194 Å². The first kappa shape index (κ1) is 26.4. The van der Waals surface area contributed by atoms with Crippen LogP contribution in [0.5, 0.6) is 0 Å². The summed E-state index contributed by atoms with van der Waals surface area (Å²) in [5, 5.41) is 2.93. The molecule has 0 saturated carbocycles. The van der Waals surface area contributed by atoms with Crippen molar-refractivity contribution < 1.29 is 19.5 Å². The molecule has 0 aliphatic heterocycles. The molecule has 29 heavy (non-hydrogen) atoms. The average molecular weight is 446 g/mol. The third-order valence-corrected chi connectivity index (χ3v) is 6.22. The van der Waals surface area contributed by atoms with Crippen molar-refractivity contribution >= 4 is 10.8 Å². The third kappa shape index (κ3) is 10.3. The van der Waals surface area contributed by atoms with Gasteiger partial charge in [0, 0.05) is 19.5 Å². The van der Waals surface area contributed by atoms with E-state index in [1.807, 2.05) is 0 Å². The Morgan fingerprint density at radius 3 is 1.66 bits per heavy atom. The van der Waals surface area contributed by atoms with E-state index in [9.17, 15) is 0 Å². The summed E-state index contributed by atoms with van der Waals surface area (Å²) >= 11 is 0. The molecule has 1 heteroatoms. The SMILES string of the molecule is CCCCCCCCCc1ccc2ccccc2c1CCCCCCCCC.[Zn]. The fourth-order valence-electron chi connectivity index (χ4n) is 4.44. The van der Waals surface area contributed by atoms with E-state index in [-0.39, 0.29) is 19.5 Å². The Balaban J connectivity index is 0.00000420. The van der Waals surface area contributed by atoms with Gasteiger partial charge in [-0.15, -0.1) is 0 Å². The van der Waals surface area contributed by atoms with Crippen molar-refractivity contribution in [3.05, 3.63) is 47.5 Å². The minimum Gasteiger partial charge on any atom is -0.0654 e. The first-order valence-corrected chi connectivity index (χ1v) is 12.4. The van der Waals surface area contributed by atoms with Crippen LogP contribution in [0.4, 0.5) is 0 Å². The molecule has 0 nitrogen and oxygen atoms in total. The summed E-state index contributed by atoms with van der Waals surface area (Å²) in [6.07, 6.45) is 22.1. The van der Waals surface area contributed by atoms with Gasteiger partial charge in [-0.3, -0.25) is 0 Å². The molecule has 2 aromatic rings. The van der Waals surface area contributed by atoms with E-state index in [1.165, 1.54) is 114 Å². The molecule has 0 atom stereocenters. The number of hydrogen-bond acceptors (Lipinski definition) is 0. The Hall–Kier alpha value is -0.677. The van der Waals surface area contributed by atoms with Crippen LogP contribution in [0.1, 0.15) is 115 Å². The maximum Gasteiger partial charge on any atom is 0 e. The molecule has 0 aromatic heterocycles. The minimum absolute atomic E-state index is 0. The van der Waals surface area contributed by atoms with Gasteiger partial charge in [-0.25, -0.2) is 0 Å². The van der Waals surface area contributed by atoms with Gasteiger partial charge in [0.05, 0.1) is 0 Å². The largest absolute Gasteiger partial charge is 0.0654 e. The monoisotopic (exact) mass is 444 g/mol. The first-order chi connectivity index (χ1) is 13.9. The first-order valence-electron chi connectivity index (χ1n) is 12.4. The molecule has 0 fully saturated rings. The summed E-state index contributed by atoms with van der Waals surface area (Å²) in [6.45, 7) is 4.60. The Morgan fingerprint density at radius 2 is 1.03 bits per heavy atom. The second-order valence-electron chi connectivity index (χ2n) is 8.67. The number of benzene rings is 2. The van der Waals surface area contributed by atoms with Crippen molar-refractivity contribution in [1.29, 1.82) is 0 Å². The third-order valence-electron chi connectivity index (χ3n) is 6.22. The Kier molecular flexibility index (Phi) is 15.5. The second kappa shape index (κ2) is 17.0. The zero-order valence-electron chi connectivity index (χ0n) is 19.5. The van der Waals surface area contributed by atoms with Gasteiger partial charge in [0.25, 0.3) is 0 Å². The van der Waals surface area contributed by atoms with Crippen molar-refractivity contribution in [1.82, 2.24) is 0 Å². The Bertz CT molecular complexity index is 646. The molecule has 0 radical (unpaired) electrons. The zero-order valence-corrected chi connectivity index (χ0v) is 22.5. The maximum atomic E-state index is 2.43. The van der Waals surface area contributed by atoms with E-state index < -0.39 is 0 Å². The van der Waals surface area contributed by atoms with E-state index in [0.717, 1.165) is 0 Å². The van der Waals surface area contributed by atoms with Gasteiger partial charge in [-0.05, 0) is 47.6 Å². The van der Waals surface area contributed by atoms with Crippen LogP contribution >= 0.6 is 0 Å². The molecular formula is C28H44Zn. The van der Waals surface area contributed by atoms with Crippen LogP contribution in [0, 0.1) is 0 Å². The molecule has 0 bridgehead atoms. The molecule has 0 heterocycles. The fraction of sp³-hybridized carbons (Fsp3) is 0.643. The minimum atomic E-state index is 0. The number of aryl methyl sites for hydroxylation is 2. The molecule has 0 amide bonds. The molecule has 158 valence electrons.